The summed E-state index contributed by atoms with van der Waals surface area (Å²) in [5.74, 6) is -2.32. The summed E-state index contributed by atoms with van der Waals surface area (Å²) in [5, 5.41) is 3.68. The second kappa shape index (κ2) is 5.28. The van der Waals surface area contributed by atoms with Crippen LogP contribution < -0.4 is 5.32 Å². The number of hydrogen-bond acceptors (Lipinski definition) is 2. The summed E-state index contributed by atoms with van der Waals surface area (Å²) in [5.41, 5.74) is -0.354. The van der Waals surface area contributed by atoms with E-state index in [1.54, 1.807) is 18.2 Å². The van der Waals surface area contributed by atoms with Gasteiger partial charge in [0.15, 0.2) is 0 Å². The normalized spacial score (nSPS) is 10.6. The molecule has 3 aromatic rings. The van der Waals surface area contributed by atoms with Gasteiger partial charge in [0.2, 0.25) is 0 Å². The smallest absolute Gasteiger partial charge is 0.275 e. The highest BCUT2D eigenvalue weighted by Crippen LogP contribution is 2.21. The predicted octanol–water partition coefficient (Wildman–Crippen LogP) is 3.77. The average Bonchev–Trinajstić information content (AvgIpc) is 2.50. The van der Waals surface area contributed by atoms with Crippen molar-refractivity contribution in [2.24, 2.45) is 0 Å². The zero-order valence-corrected chi connectivity index (χ0v) is 10.8. The molecule has 0 spiro atoms. The summed E-state index contributed by atoms with van der Waals surface area (Å²) in [7, 11) is 0. The van der Waals surface area contributed by atoms with E-state index in [9.17, 15) is 13.6 Å². The third kappa shape index (κ3) is 2.45. The fraction of sp³-hybridized carbons (Fsp3) is 0. The first-order valence-corrected chi connectivity index (χ1v) is 6.26. The molecule has 0 aliphatic heterocycles. The van der Waals surface area contributed by atoms with Crippen molar-refractivity contribution in [3.63, 3.8) is 0 Å². The van der Waals surface area contributed by atoms with Crippen molar-refractivity contribution < 1.29 is 13.6 Å². The number of amides is 1. The molecule has 3 rings (SSSR count). The number of carbonyl (C=O) groups excluding carboxylic acids is 1. The molecule has 0 bridgehead atoms. The zero-order valence-electron chi connectivity index (χ0n) is 10.8. The number of para-hydroxylation sites is 1. The minimum absolute atomic E-state index is 0.121. The van der Waals surface area contributed by atoms with E-state index in [1.165, 1.54) is 12.3 Å². The van der Waals surface area contributed by atoms with Crippen LogP contribution in [0.5, 0.6) is 0 Å². The Hall–Kier alpha value is -2.82. The lowest BCUT2D eigenvalue weighted by Crippen LogP contribution is -2.16. The number of aromatic nitrogens is 1. The topological polar surface area (TPSA) is 42.0 Å². The summed E-state index contributed by atoms with van der Waals surface area (Å²) in [6.07, 6.45) is 1.48. The van der Waals surface area contributed by atoms with Crippen molar-refractivity contribution in [3.05, 3.63) is 72.1 Å². The van der Waals surface area contributed by atoms with Gasteiger partial charge in [-0.2, -0.15) is 0 Å². The Kier molecular flexibility index (Phi) is 3.31. The molecule has 0 aliphatic rings. The first kappa shape index (κ1) is 13.2. The Labute approximate surface area is 119 Å². The van der Waals surface area contributed by atoms with Gasteiger partial charge in [0.25, 0.3) is 5.91 Å². The molecule has 0 saturated heterocycles. The number of pyridine rings is 1. The molecule has 21 heavy (non-hydrogen) atoms. The lowest BCUT2D eigenvalue weighted by Gasteiger charge is -2.08. The largest absolute Gasteiger partial charge is 0.316 e. The van der Waals surface area contributed by atoms with Crippen molar-refractivity contribution in [1.29, 1.82) is 0 Å². The van der Waals surface area contributed by atoms with Crippen LogP contribution in [0.15, 0.2) is 54.7 Å². The van der Waals surface area contributed by atoms with Gasteiger partial charge in [-0.05, 0) is 23.6 Å². The van der Waals surface area contributed by atoms with Crippen molar-refractivity contribution >= 4 is 22.4 Å². The maximum absolute atomic E-state index is 13.6. The molecule has 0 saturated carbocycles. The lowest BCUT2D eigenvalue weighted by atomic mass is 10.1. The summed E-state index contributed by atoms with van der Waals surface area (Å²) in [4.78, 5) is 16.2. The first-order chi connectivity index (χ1) is 10.2. The number of carbonyl (C=O) groups is 1. The van der Waals surface area contributed by atoms with Gasteiger partial charge >= 0.3 is 0 Å². The highest BCUT2D eigenvalue weighted by atomic mass is 19.1. The molecular weight excluding hydrogens is 274 g/mol. The Morgan fingerprint density at radius 1 is 0.952 bits per heavy atom. The van der Waals surface area contributed by atoms with Crippen LogP contribution >= 0.6 is 0 Å². The summed E-state index contributed by atoms with van der Waals surface area (Å²) in [6, 6.07) is 12.3. The molecule has 0 radical (unpaired) electrons. The van der Waals surface area contributed by atoms with Crippen molar-refractivity contribution in [2.75, 3.05) is 5.32 Å². The van der Waals surface area contributed by atoms with Crippen LogP contribution in [-0.2, 0) is 0 Å². The Morgan fingerprint density at radius 2 is 1.67 bits per heavy atom. The quantitative estimate of drug-likeness (QED) is 0.778. The van der Waals surface area contributed by atoms with Gasteiger partial charge in [-0.15, -0.1) is 0 Å². The molecule has 3 nitrogen and oxygen atoms in total. The molecule has 1 N–H and O–H groups in total. The van der Waals surface area contributed by atoms with Gasteiger partial charge in [-0.25, -0.2) is 8.78 Å². The SMILES string of the molecule is O=C(Nc1c(F)cccc1F)c1nccc2ccccc12. The third-order valence-electron chi connectivity index (χ3n) is 3.09. The molecule has 0 atom stereocenters. The standard InChI is InChI=1S/C16H10F2N2O/c17-12-6-3-7-13(18)15(12)20-16(21)14-11-5-2-1-4-10(11)8-9-19-14/h1-9H,(H,20,21). The molecule has 1 heterocycles. The molecule has 104 valence electrons. The number of anilines is 1. The Balaban J connectivity index is 2.02. The zero-order chi connectivity index (χ0) is 14.8. The van der Waals surface area contributed by atoms with Gasteiger partial charge in [0.05, 0.1) is 0 Å². The minimum Gasteiger partial charge on any atom is -0.316 e. The van der Waals surface area contributed by atoms with E-state index < -0.39 is 23.2 Å². The summed E-state index contributed by atoms with van der Waals surface area (Å²) in [6.45, 7) is 0. The monoisotopic (exact) mass is 284 g/mol. The van der Waals surface area contributed by atoms with E-state index in [-0.39, 0.29) is 5.69 Å². The van der Waals surface area contributed by atoms with Crippen molar-refractivity contribution in [3.8, 4) is 0 Å². The highest BCUT2D eigenvalue weighted by Gasteiger charge is 2.16. The van der Waals surface area contributed by atoms with Crippen LogP contribution in [0.4, 0.5) is 14.5 Å². The van der Waals surface area contributed by atoms with Crippen molar-refractivity contribution in [1.82, 2.24) is 4.98 Å². The van der Waals surface area contributed by atoms with Crippen LogP contribution in [-0.4, -0.2) is 10.9 Å². The number of benzene rings is 2. The van der Waals surface area contributed by atoms with E-state index in [0.717, 1.165) is 17.5 Å². The number of rotatable bonds is 2. The van der Waals surface area contributed by atoms with Gasteiger partial charge in [0.1, 0.15) is 23.0 Å². The van der Waals surface area contributed by atoms with Gasteiger partial charge in [0, 0.05) is 11.6 Å². The Morgan fingerprint density at radius 3 is 2.43 bits per heavy atom. The van der Waals surface area contributed by atoms with Crippen LogP contribution in [0.2, 0.25) is 0 Å². The molecule has 0 unspecified atom stereocenters. The van der Waals surface area contributed by atoms with Crippen molar-refractivity contribution in [2.45, 2.75) is 0 Å². The van der Waals surface area contributed by atoms with E-state index in [2.05, 4.69) is 10.3 Å². The molecule has 2 aromatic carbocycles. The van der Waals surface area contributed by atoms with Gasteiger partial charge < -0.3 is 5.32 Å². The third-order valence-corrected chi connectivity index (χ3v) is 3.09. The van der Waals surface area contributed by atoms with Crippen LogP contribution in [0.3, 0.4) is 0 Å². The van der Waals surface area contributed by atoms with Crippen LogP contribution in [0.1, 0.15) is 10.5 Å². The molecular formula is C16H10F2N2O. The van der Waals surface area contributed by atoms with E-state index in [4.69, 9.17) is 0 Å². The van der Waals surface area contributed by atoms with Gasteiger partial charge in [-0.3, -0.25) is 9.78 Å². The maximum atomic E-state index is 13.6. The summed E-state index contributed by atoms with van der Waals surface area (Å²) < 4.78 is 27.1. The fourth-order valence-electron chi connectivity index (χ4n) is 2.09. The summed E-state index contributed by atoms with van der Waals surface area (Å²) >= 11 is 0. The van der Waals surface area contributed by atoms with Crippen LogP contribution in [0.25, 0.3) is 10.8 Å². The molecule has 0 fully saturated rings. The second-order valence-electron chi connectivity index (χ2n) is 4.43. The maximum Gasteiger partial charge on any atom is 0.275 e. The molecule has 1 aromatic heterocycles. The second-order valence-corrected chi connectivity index (χ2v) is 4.43. The molecule has 1 amide bonds. The van der Waals surface area contributed by atoms with E-state index in [1.807, 2.05) is 12.1 Å². The molecule has 0 aliphatic carbocycles. The fourth-order valence-corrected chi connectivity index (χ4v) is 2.09. The van der Waals surface area contributed by atoms with E-state index in [0.29, 0.717) is 5.39 Å². The first-order valence-electron chi connectivity index (χ1n) is 6.26. The minimum atomic E-state index is -0.830. The number of fused-ring (bicyclic) bond motifs is 1. The number of hydrogen-bond donors (Lipinski definition) is 1. The number of nitrogens with one attached hydrogen (secondary N) is 1. The lowest BCUT2D eigenvalue weighted by molar-refractivity contribution is 0.102. The highest BCUT2D eigenvalue weighted by molar-refractivity contribution is 6.11. The van der Waals surface area contributed by atoms with Gasteiger partial charge in [-0.1, -0.05) is 30.3 Å². The average molecular weight is 284 g/mol. The number of nitrogens with zero attached hydrogens (tertiary/aromatic N) is 1. The molecule has 5 heteroatoms. The van der Waals surface area contributed by atoms with E-state index >= 15 is 0 Å². The number of halogens is 2. The Bertz CT molecular complexity index is 808. The van der Waals surface area contributed by atoms with Crippen LogP contribution in [0, 0.1) is 11.6 Å². The predicted molar refractivity (Wildman–Crippen MR) is 76.1 cm³/mol.